The van der Waals surface area contributed by atoms with E-state index in [-0.39, 0.29) is 32.2 Å². The molecule has 1 amide bonds. The van der Waals surface area contributed by atoms with Crippen molar-refractivity contribution in [3.05, 3.63) is 58.0 Å². The van der Waals surface area contributed by atoms with E-state index >= 15 is 0 Å². The maximum Gasteiger partial charge on any atom is 0.416 e. The van der Waals surface area contributed by atoms with Gasteiger partial charge in [0.2, 0.25) is 0 Å². The number of carbonyl (C=O) groups excluding carboxylic acids is 1. The zero-order valence-corrected chi connectivity index (χ0v) is 16.6. The van der Waals surface area contributed by atoms with Crippen molar-refractivity contribution in [2.24, 2.45) is 0 Å². The van der Waals surface area contributed by atoms with Crippen molar-refractivity contribution in [3.8, 4) is 16.9 Å². The molecule has 2 aromatic carbocycles. The summed E-state index contributed by atoms with van der Waals surface area (Å²) < 4.78 is 84.5. The van der Waals surface area contributed by atoms with Crippen LogP contribution >= 0.6 is 24.0 Å². The number of thiocarbonyl (C=S) groups is 1. The smallest absolute Gasteiger partial charge is 0.416 e. The van der Waals surface area contributed by atoms with Crippen molar-refractivity contribution in [1.29, 1.82) is 0 Å². The molecule has 3 nitrogen and oxygen atoms in total. The zero-order chi connectivity index (χ0) is 22.3. The number of amides is 1. The summed E-state index contributed by atoms with van der Waals surface area (Å²) >= 11 is 5.88. The van der Waals surface area contributed by atoms with E-state index in [9.17, 15) is 31.1 Å². The standard InChI is InChI=1S/C19H11F6NO2S2/c1-28-14-3-2-9(5-15-16(27)26-17(29)30-15)4-13(14)10-6-11(18(20,21)22)8-12(7-10)19(23,24)25/h2-8H,1H3,(H,26,27,29)/b15-5-. The maximum absolute atomic E-state index is 13.2. The van der Waals surface area contributed by atoms with Crippen molar-refractivity contribution in [2.45, 2.75) is 12.4 Å². The minimum absolute atomic E-state index is 0.00873. The lowest BCUT2D eigenvalue weighted by Crippen LogP contribution is -2.17. The molecule has 2 aromatic rings. The molecule has 3 rings (SSSR count). The SMILES string of the molecule is COc1ccc(/C=C2\SC(=S)NC2=O)cc1-c1cc(C(F)(F)F)cc(C(F)(F)F)c1. The molecular weight excluding hydrogens is 452 g/mol. The molecule has 0 spiro atoms. The van der Waals surface area contributed by atoms with E-state index in [1.54, 1.807) is 0 Å². The monoisotopic (exact) mass is 463 g/mol. The van der Waals surface area contributed by atoms with Gasteiger partial charge in [0.1, 0.15) is 10.1 Å². The van der Waals surface area contributed by atoms with Gasteiger partial charge in [-0.1, -0.05) is 30.0 Å². The lowest BCUT2D eigenvalue weighted by molar-refractivity contribution is -0.143. The molecule has 158 valence electrons. The summed E-state index contributed by atoms with van der Waals surface area (Å²) in [5.41, 5.74) is -2.81. The Morgan fingerprint density at radius 2 is 1.60 bits per heavy atom. The Hall–Kier alpha value is -2.53. The first kappa shape index (κ1) is 22.2. The fraction of sp³-hybridized carbons (Fsp3) is 0.158. The van der Waals surface area contributed by atoms with Gasteiger partial charge in [-0.05, 0) is 47.5 Å². The zero-order valence-electron chi connectivity index (χ0n) is 14.9. The van der Waals surface area contributed by atoms with E-state index in [2.05, 4.69) is 5.32 Å². The number of nitrogens with one attached hydrogen (secondary N) is 1. The van der Waals surface area contributed by atoms with Crippen molar-refractivity contribution in [1.82, 2.24) is 5.32 Å². The second-order valence-electron chi connectivity index (χ2n) is 6.11. The second kappa shape index (κ2) is 7.95. The molecule has 1 aliphatic heterocycles. The number of thioether (sulfide) groups is 1. The van der Waals surface area contributed by atoms with Crippen LogP contribution in [0.25, 0.3) is 17.2 Å². The van der Waals surface area contributed by atoms with Crippen LogP contribution in [0.1, 0.15) is 16.7 Å². The van der Waals surface area contributed by atoms with Gasteiger partial charge in [0.05, 0.1) is 23.1 Å². The largest absolute Gasteiger partial charge is 0.496 e. The molecule has 0 unspecified atom stereocenters. The Morgan fingerprint density at radius 3 is 2.07 bits per heavy atom. The average Bonchev–Trinajstić information content (AvgIpc) is 2.96. The van der Waals surface area contributed by atoms with Gasteiger partial charge in [-0.2, -0.15) is 26.3 Å². The highest BCUT2D eigenvalue weighted by Crippen LogP contribution is 2.41. The third-order valence-corrected chi connectivity index (χ3v) is 5.22. The topological polar surface area (TPSA) is 38.3 Å². The Kier molecular flexibility index (Phi) is 5.87. The highest BCUT2D eigenvalue weighted by atomic mass is 32.2. The van der Waals surface area contributed by atoms with Crippen molar-refractivity contribution in [3.63, 3.8) is 0 Å². The summed E-state index contributed by atoms with van der Waals surface area (Å²) in [6.45, 7) is 0. The van der Waals surface area contributed by atoms with E-state index in [0.29, 0.717) is 17.7 Å². The number of alkyl halides is 6. The van der Waals surface area contributed by atoms with Gasteiger partial charge >= 0.3 is 12.4 Å². The lowest BCUT2D eigenvalue weighted by Gasteiger charge is -2.16. The van der Waals surface area contributed by atoms with Crippen LogP contribution in [0.4, 0.5) is 26.3 Å². The summed E-state index contributed by atoms with van der Waals surface area (Å²) in [4.78, 5) is 12.1. The average molecular weight is 463 g/mol. The lowest BCUT2D eigenvalue weighted by atomic mass is 9.96. The first-order valence-electron chi connectivity index (χ1n) is 8.11. The molecule has 1 N–H and O–H groups in total. The highest BCUT2D eigenvalue weighted by molar-refractivity contribution is 8.26. The fourth-order valence-corrected chi connectivity index (χ4v) is 3.77. The number of halogens is 6. The van der Waals surface area contributed by atoms with Crippen molar-refractivity contribution in [2.75, 3.05) is 7.11 Å². The van der Waals surface area contributed by atoms with E-state index in [0.717, 1.165) is 11.8 Å². The molecule has 30 heavy (non-hydrogen) atoms. The number of ether oxygens (including phenoxy) is 1. The molecule has 1 fully saturated rings. The third-order valence-electron chi connectivity index (χ3n) is 4.06. The van der Waals surface area contributed by atoms with Gasteiger partial charge in [0.15, 0.2) is 0 Å². The number of carbonyl (C=O) groups is 1. The Balaban J connectivity index is 2.18. The Morgan fingerprint density at radius 1 is 1.00 bits per heavy atom. The first-order valence-corrected chi connectivity index (χ1v) is 9.33. The van der Waals surface area contributed by atoms with Crippen LogP contribution < -0.4 is 10.1 Å². The number of rotatable bonds is 3. The summed E-state index contributed by atoms with van der Waals surface area (Å²) in [6.07, 6.45) is -8.52. The summed E-state index contributed by atoms with van der Waals surface area (Å²) in [5.74, 6) is -0.371. The number of hydrogen-bond donors (Lipinski definition) is 1. The van der Waals surface area contributed by atoms with Gasteiger partial charge in [-0.25, -0.2) is 0 Å². The summed E-state index contributed by atoms with van der Waals surface area (Å²) in [5, 5.41) is 2.42. The summed E-state index contributed by atoms with van der Waals surface area (Å²) in [6, 6.07) is 5.55. The first-order chi connectivity index (χ1) is 13.9. The van der Waals surface area contributed by atoms with Gasteiger partial charge in [0.25, 0.3) is 5.91 Å². The van der Waals surface area contributed by atoms with Gasteiger partial charge in [-0.3, -0.25) is 4.79 Å². The van der Waals surface area contributed by atoms with Gasteiger partial charge < -0.3 is 10.1 Å². The second-order valence-corrected chi connectivity index (χ2v) is 7.83. The molecule has 0 bridgehead atoms. The third kappa shape index (κ3) is 4.78. The van der Waals surface area contributed by atoms with E-state index in [1.807, 2.05) is 0 Å². The number of methoxy groups -OCH3 is 1. The van der Waals surface area contributed by atoms with Crippen LogP contribution in [0.3, 0.4) is 0 Å². The van der Waals surface area contributed by atoms with E-state index < -0.39 is 29.4 Å². The van der Waals surface area contributed by atoms with Gasteiger partial charge in [0, 0.05) is 5.56 Å². The minimum Gasteiger partial charge on any atom is -0.496 e. The quantitative estimate of drug-likeness (QED) is 0.350. The number of benzene rings is 2. The van der Waals surface area contributed by atoms with Crippen LogP contribution in [0, 0.1) is 0 Å². The molecular formula is C19H11F6NO2S2. The van der Waals surface area contributed by atoms with Crippen LogP contribution in [0.2, 0.25) is 0 Å². The molecule has 0 aromatic heterocycles. The molecule has 11 heteroatoms. The summed E-state index contributed by atoms with van der Waals surface area (Å²) in [7, 11) is 1.24. The molecule has 0 saturated carbocycles. The van der Waals surface area contributed by atoms with Crippen molar-refractivity contribution >= 4 is 40.3 Å². The molecule has 0 aliphatic carbocycles. The Bertz CT molecular complexity index is 1030. The number of hydrogen-bond acceptors (Lipinski definition) is 4. The van der Waals surface area contributed by atoms with Gasteiger partial charge in [-0.15, -0.1) is 0 Å². The van der Waals surface area contributed by atoms with Crippen LogP contribution in [0.15, 0.2) is 41.3 Å². The maximum atomic E-state index is 13.2. The van der Waals surface area contributed by atoms with E-state index in [1.165, 1.54) is 31.4 Å². The molecule has 1 saturated heterocycles. The predicted octanol–water partition coefficient (Wildman–Crippen LogP) is 5.89. The van der Waals surface area contributed by atoms with Crippen molar-refractivity contribution < 1.29 is 35.9 Å². The molecule has 1 aliphatic rings. The fourth-order valence-electron chi connectivity index (χ4n) is 2.72. The Labute approximate surface area is 176 Å². The molecule has 1 heterocycles. The van der Waals surface area contributed by atoms with Crippen LogP contribution in [-0.2, 0) is 17.1 Å². The molecule has 0 atom stereocenters. The predicted molar refractivity (Wildman–Crippen MR) is 105 cm³/mol. The van der Waals surface area contributed by atoms with E-state index in [4.69, 9.17) is 17.0 Å². The molecule has 0 radical (unpaired) electrons. The van der Waals surface area contributed by atoms with Crippen LogP contribution in [0.5, 0.6) is 5.75 Å². The van der Waals surface area contributed by atoms with Crippen LogP contribution in [-0.4, -0.2) is 17.3 Å². The normalized spacial score (nSPS) is 16.2. The highest BCUT2D eigenvalue weighted by Gasteiger charge is 2.37. The minimum atomic E-state index is -4.98.